The molecule has 0 saturated heterocycles. The second-order valence-corrected chi connectivity index (χ2v) is 3.12. The van der Waals surface area contributed by atoms with Gasteiger partial charge in [0.05, 0.1) is 17.4 Å². The minimum absolute atomic E-state index is 0.00194. The van der Waals surface area contributed by atoms with Crippen LogP contribution in [0.15, 0.2) is 34.4 Å². The molecule has 2 rings (SSSR count). The number of benzene rings is 1. The molecule has 0 aliphatic carbocycles. The summed E-state index contributed by atoms with van der Waals surface area (Å²) in [6.45, 7) is 0. The Hall–Kier alpha value is -2.57. The van der Waals surface area contributed by atoms with Crippen molar-refractivity contribution in [1.29, 1.82) is 0 Å². The van der Waals surface area contributed by atoms with E-state index in [2.05, 4.69) is 20.2 Å². The molecule has 1 aromatic carbocycles. The third-order valence-corrected chi connectivity index (χ3v) is 1.93. The summed E-state index contributed by atoms with van der Waals surface area (Å²) in [4.78, 5) is 7.70. The summed E-state index contributed by atoms with van der Waals surface area (Å²) >= 11 is 0. The van der Waals surface area contributed by atoms with Crippen LogP contribution in [0.4, 0.5) is 5.69 Å². The predicted octanol–water partition coefficient (Wildman–Crippen LogP) is -0.217. The van der Waals surface area contributed by atoms with Crippen molar-refractivity contribution >= 4 is 28.5 Å². The fraction of sp³-hybridized carbons (Fsp3) is 0. The molecule has 1 heterocycles. The van der Waals surface area contributed by atoms with Crippen LogP contribution in [0.3, 0.4) is 0 Å². The van der Waals surface area contributed by atoms with Gasteiger partial charge in [-0.15, -0.1) is 0 Å². The molecule has 0 bridgehead atoms. The van der Waals surface area contributed by atoms with E-state index in [-0.39, 0.29) is 11.9 Å². The largest absolute Gasteiger partial charge is 0.370 e. The quantitative estimate of drug-likeness (QED) is 0.388. The number of aromatic nitrogens is 2. The molecule has 1 aromatic heterocycles. The van der Waals surface area contributed by atoms with Crippen molar-refractivity contribution in [2.24, 2.45) is 27.2 Å². The van der Waals surface area contributed by atoms with Gasteiger partial charge in [-0.1, -0.05) is 12.1 Å². The van der Waals surface area contributed by atoms with E-state index in [4.69, 9.17) is 17.2 Å². The molecule has 0 unspecified atom stereocenters. The molecule has 0 saturated carbocycles. The Morgan fingerprint density at radius 3 is 2.81 bits per heavy atom. The van der Waals surface area contributed by atoms with Crippen LogP contribution in [0.25, 0.3) is 10.9 Å². The van der Waals surface area contributed by atoms with Crippen molar-refractivity contribution < 1.29 is 0 Å². The second kappa shape index (κ2) is 3.89. The van der Waals surface area contributed by atoms with Crippen LogP contribution in [-0.2, 0) is 0 Å². The van der Waals surface area contributed by atoms with E-state index in [9.17, 15) is 0 Å². The predicted molar refractivity (Wildman–Crippen MR) is 63.2 cm³/mol. The third-order valence-electron chi connectivity index (χ3n) is 1.93. The van der Waals surface area contributed by atoms with E-state index >= 15 is 0 Å². The van der Waals surface area contributed by atoms with Gasteiger partial charge in [0.25, 0.3) is 0 Å². The lowest BCUT2D eigenvalue weighted by Gasteiger charge is -1.97. The van der Waals surface area contributed by atoms with Gasteiger partial charge in [-0.2, -0.15) is 10.1 Å². The van der Waals surface area contributed by atoms with Gasteiger partial charge < -0.3 is 17.2 Å². The van der Waals surface area contributed by atoms with Gasteiger partial charge in [0.2, 0.25) is 5.96 Å². The molecule has 2 aromatic rings. The average molecular weight is 217 g/mol. The summed E-state index contributed by atoms with van der Waals surface area (Å²) in [5.41, 5.74) is 17.3. The summed E-state index contributed by atoms with van der Waals surface area (Å²) < 4.78 is 0. The maximum Gasteiger partial charge on any atom is 0.223 e. The molecule has 0 aliphatic heterocycles. The Morgan fingerprint density at radius 2 is 2.06 bits per heavy atom. The molecule has 82 valence electrons. The first-order valence-electron chi connectivity index (χ1n) is 4.52. The molecule has 7 nitrogen and oxygen atoms in total. The van der Waals surface area contributed by atoms with Crippen molar-refractivity contribution in [3.05, 3.63) is 24.4 Å². The van der Waals surface area contributed by atoms with E-state index in [1.165, 1.54) is 0 Å². The summed E-state index contributed by atoms with van der Waals surface area (Å²) in [7, 11) is 0. The first-order valence-corrected chi connectivity index (χ1v) is 4.52. The summed E-state index contributed by atoms with van der Waals surface area (Å²) in [5.74, 6) is -0.125. The van der Waals surface area contributed by atoms with Gasteiger partial charge in [-0.25, -0.2) is 4.99 Å². The Kier molecular flexibility index (Phi) is 2.42. The minimum atomic E-state index is -0.127. The number of fused-ring (bicyclic) bond motifs is 1. The SMILES string of the molecule is NC(N)=NC(N)=Nc1cccc2cn[nH]c12. The topological polar surface area (TPSA) is 131 Å². The number of guanidine groups is 2. The van der Waals surface area contributed by atoms with E-state index in [0.29, 0.717) is 5.69 Å². The van der Waals surface area contributed by atoms with E-state index in [1.807, 2.05) is 12.1 Å². The van der Waals surface area contributed by atoms with Crippen LogP contribution in [0.1, 0.15) is 0 Å². The highest BCUT2D eigenvalue weighted by Crippen LogP contribution is 2.23. The monoisotopic (exact) mass is 217 g/mol. The number of aromatic amines is 1. The van der Waals surface area contributed by atoms with Crippen molar-refractivity contribution in [2.45, 2.75) is 0 Å². The molecule has 0 radical (unpaired) electrons. The van der Waals surface area contributed by atoms with Gasteiger partial charge in [0.1, 0.15) is 0 Å². The number of nitrogens with zero attached hydrogens (tertiary/aromatic N) is 3. The highest BCUT2D eigenvalue weighted by molar-refractivity contribution is 5.96. The zero-order chi connectivity index (χ0) is 11.5. The lowest BCUT2D eigenvalue weighted by molar-refractivity contribution is 1.12. The smallest absolute Gasteiger partial charge is 0.223 e. The number of hydrogen-bond acceptors (Lipinski definition) is 2. The van der Waals surface area contributed by atoms with Crippen molar-refractivity contribution in [3.63, 3.8) is 0 Å². The maximum atomic E-state index is 5.53. The van der Waals surface area contributed by atoms with E-state index in [1.54, 1.807) is 12.3 Å². The lowest BCUT2D eigenvalue weighted by Crippen LogP contribution is -2.26. The summed E-state index contributed by atoms with van der Waals surface area (Å²) in [6, 6.07) is 5.55. The minimum Gasteiger partial charge on any atom is -0.370 e. The highest BCUT2D eigenvalue weighted by Gasteiger charge is 2.01. The van der Waals surface area contributed by atoms with Crippen LogP contribution < -0.4 is 17.2 Å². The van der Waals surface area contributed by atoms with Crippen LogP contribution in [-0.4, -0.2) is 22.1 Å². The maximum absolute atomic E-state index is 5.53. The van der Waals surface area contributed by atoms with Gasteiger partial charge in [-0.05, 0) is 6.07 Å². The molecule has 0 aliphatic rings. The Morgan fingerprint density at radius 1 is 1.25 bits per heavy atom. The second-order valence-electron chi connectivity index (χ2n) is 3.12. The summed E-state index contributed by atoms with van der Waals surface area (Å²) in [5, 5.41) is 7.68. The number of nitrogens with two attached hydrogens (primary N) is 3. The van der Waals surface area contributed by atoms with Crippen LogP contribution in [0, 0.1) is 0 Å². The van der Waals surface area contributed by atoms with Gasteiger partial charge in [-0.3, -0.25) is 5.10 Å². The van der Waals surface area contributed by atoms with Gasteiger partial charge in [0.15, 0.2) is 5.96 Å². The number of aliphatic imine (C=N–C) groups is 2. The standard InChI is InChI=1S/C9H11N7/c10-8(11)15-9(12)14-6-3-1-2-5-4-13-16-7(5)6/h1-4H,(H,13,16)(H6,10,11,12,14,15). The number of rotatable bonds is 1. The van der Waals surface area contributed by atoms with E-state index in [0.717, 1.165) is 10.9 Å². The molecule has 16 heavy (non-hydrogen) atoms. The first-order chi connectivity index (χ1) is 7.66. The van der Waals surface area contributed by atoms with E-state index < -0.39 is 0 Å². The zero-order valence-electron chi connectivity index (χ0n) is 8.38. The Balaban J connectivity index is 2.48. The zero-order valence-corrected chi connectivity index (χ0v) is 8.38. The number of para-hydroxylation sites is 1. The third kappa shape index (κ3) is 1.92. The van der Waals surface area contributed by atoms with Gasteiger partial charge in [0, 0.05) is 5.39 Å². The molecule has 0 spiro atoms. The molecule has 0 atom stereocenters. The molecule has 7 N–H and O–H groups in total. The Bertz CT molecular complexity index is 562. The van der Waals surface area contributed by atoms with Crippen LogP contribution in [0.2, 0.25) is 0 Å². The number of nitrogens with one attached hydrogen (secondary N) is 1. The number of H-pyrrole nitrogens is 1. The Labute approximate surface area is 91.1 Å². The molecular formula is C9H11N7. The van der Waals surface area contributed by atoms with Crippen molar-refractivity contribution in [1.82, 2.24) is 10.2 Å². The molecule has 0 amide bonds. The number of hydrogen-bond donors (Lipinski definition) is 4. The highest BCUT2D eigenvalue weighted by atomic mass is 15.1. The molecular weight excluding hydrogens is 206 g/mol. The first kappa shape index (κ1) is 9.97. The van der Waals surface area contributed by atoms with Crippen molar-refractivity contribution in [3.8, 4) is 0 Å². The summed E-state index contributed by atoms with van der Waals surface area (Å²) in [6.07, 6.45) is 1.70. The van der Waals surface area contributed by atoms with Gasteiger partial charge >= 0.3 is 0 Å². The normalized spacial score (nSPS) is 11.6. The molecule has 7 heteroatoms. The fourth-order valence-electron chi connectivity index (χ4n) is 1.33. The fourth-order valence-corrected chi connectivity index (χ4v) is 1.33. The molecule has 0 fully saturated rings. The van der Waals surface area contributed by atoms with Crippen LogP contribution in [0.5, 0.6) is 0 Å². The van der Waals surface area contributed by atoms with Crippen LogP contribution >= 0.6 is 0 Å². The van der Waals surface area contributed by atoms with Crippen molar-refractivity contribution in [2.75, 3.05) is 0 Å². The average Bonchev–Trinajstić information content (AvgIpc) is 2.65. The lowest BCUT2D eigenvalue weighted by atomic mass is 10.2.